The van der Waals surface area contributed by atoms with Gasteiger partial charge in [-0.1, -0.05) is 19.4 Å². The largest absolute Gasteiger partial charge is 0.397 e. The van der Waals surface area contributed by atoms with Gasteiger partial charge in [-0.25, -0.2) is 0 Å². The molecule has 88 valence electrons. The summed E-state index contributed by atoms with van der Waals surface area (Å²) < 4.78 is 62.1. The lowest BCUT2D eigenvalue weighted by Crippen LogP contribution is -2.10. The summed E-state index contributed by atoms with van der Waals surface area (Å²) in [5.41, 5.74) is 8.99. The number of hydrogen-bond acceptors (Lipinski definition) is 2. The lowest BCUT2D eigenvalue weighted by atomic mass is 10.2. The van der Waals surface area contributed by atoms with E-state index < -0.39 is 26.4 Å². The molecular weight excluding hydrogens is 239 g/mol. The summed E-state index contributed by atoms with van der Waals surface area (Å²) in [5.74, 6) is 0. The molecule has 0 spiro atoms. The third-order valence-corrected chi connectivity index (χ3v) is 3.19. The smallest absolute Gasteiger partial charge is 0.310 e. The Hall–Kier alpha value is -1.18. The van der Waals surface area contributed by atoms with E-state index in [4.69, 9.17) is 11.5 Å². The fourth-order valence-corrected chi connectivity index (χ4v) is 2.16. The second-order valence-electron chi connectivity index (χ2n) is 3.16. The summed E-state index contributed by atoms with van der Waals surface area (Å²) in [6.07, 6.45) is 0. The molecule has 0 unspecified atom stereocenters. The van der Waals surface area contributed by atoms with Crippen molar-refractivity contribution >= 4 is 21.6 Å². The zero-order valence-corrected chi connectivity index (χ0v) is 8.42. The Kier molecular flexibility index (Phi) is 1.83. The van der Waals surface area contributed by atoms with Crippen LogP contribution in [0.5, 0.6) is 0 Å². The van der Waals surface area contributed by atoms with Gasteiger partial charge >= 0.3 is 10.2 Å². The van der Waals surface area contributed by atoms with Gasteiger partial charge in [-0.3, -0.25) is 0 Å². The van der Waals surface area contributed by atoms with Crippen LogP contribution in [-0.4, -0.2) is 0 Å². The summed E-state index contributed by atoms with van der Waals surface area (Å²) in [6, 6.07) is 0.970. The Morgan fingerprint density at radius 1 is 1.00 bits per heavy atom. The molecule has 0 fully saturated rings. The number of rotatable bonds is 1. The average molecular weight is 248 g/mol. The predicted molar refractivity (Wildman–Crippen MR) is 51.4 cm³/mol. The van der Waals surface area contributed by atoms with Crippen molar-refractivity contribution in [3.63, 3.8) is 0 Å². The molecule has 0 radical (unpaired) electrons. The first-order valence-corrected chi connectivity index (χ1v) is 5.66. The maximum absolute atomic E-state index is 12.4. The van der Waals surface area contributed by atoms with Crippen molar-refractivity contribution in [3.8, 4) is 0 Å². The number of nitrogens with two attached hydrogens (primary N) is 2. The first-order valence-electron chi connectivity index (χ1n) is 3.71. The first-order chi connectivity index (χ1) is 6.33. The minimum absolute atomic E-state index is 0.155. The van der Waals surface area contributed by atoms with Crippen LogP contribution >= 0.6 is 10.2 Å². The van der Waals surface area contributed by atoms with E-state index in [0.29, 0.717) is 0 Å². The highest BCUT2D eigenvalue weighted by atomic mass is 32.5. The molecule has 0 bridgehead atoms. The van der Waals surface area contributed by atoms with Gasteiger partial charge in [0.1, 0.15) is 4.90 Å². The number of halogens is 5. The highest BCUT2D eigenvalue weighted by Gasteiger charge is 2.66. The van der Waals surface area contributed by atoms with Crippen LogP contribution in [0.1, 0.15) is 5.56 Å². The SMILES string of the molecule is Cc1c(S(F)(F)(F)(F)F)ccc(N)c1N. The van der Waals surface area contributed by atoms with Gasteiger partial charge in [0.2, 0.25) is 0 Å². The van der Waals surface area contributed by atoms with Gasteiger partial charge in [0.05, 0.1) is 11.4 Å². The van der Waals surface area contributed by atoms with Crippen LogP contribution in [0.2, 0.25) is 0 Å². The number of benzene rings is 1. The molecule has 0 aliphatic carbocycles. The summed E-state index contributed by atoms with van der Waals surface area (Å²) >= 11 is 0. The highest BCUT2D eigenvalue weighted by molar-refractivity contribution is 8.45. The molecule has 0 saturated heterocycles. The van der Waals surface area contributed by atoms with Crippen molar-refractivity contribution < 1.29 is 19.4 Å². The van der Waals surface area contributed by atoms with E-state index in [-0.39, 0.29) is 11.8 Å². The van der Waals surface area contributed by atoms with Crippen molar-refractivity contribution in [2.45, 2.75) is 11.8 Å². The molecule has 0 amide bonds. The third kappa shape index (κ3) is 2.25. The normalized spacial score (nSPS) is 16.9. The molecule has 0 heterocycles. The van der Waals surface area contributed by atoms with Crippen molar-refractivity contribution in [1.29, 1.82) is 0 Å². The molecule has 0 atom stereocenters. The zero-order chi connectivity index (χ0) is 12.1. The van der Waals surface area contributed by atoms with Crippen molar-refractivity contribution in [2.75, 3.05) is 11.5 Å². The van der Waals surface area contributed by atoms with Gasteiger partial charge in [0.15, 0.2) is 0 Å². The molecule has 0 aliphatic rings. The molecule has 1 rings (SSSR count). The monoisotopic (exact) mass is 248 g/mol. The van der Waals surface area contributed by atoms with Gasteiger partial charge < -0.3 is 11.5 Å². The summed E-state index contributed by atoms with van der Waals surface area (Å²) in [7, 11) is -9.67. The van der Waals surface area contributed by atoms with Gasteiger partial charge in [-0.15, -0.1) is 0 Å². The lowest BCUT2D eigenvalue weighted by molar-refractivity contribution is 0.363. The summed E-state index contributed by atoms with van der Waals surface area (Å²) in [6.45, 7) is 0.860. The van der Waals surface area contributed by atoms with Crippen LogP contribution in [0.15, 0.2) is 17.0 Å². The molecule has 1 aromatic carbocycles. The van der Waals surface area contributed by atoms with Crippen LogP contribution in [0.3, 0.4) is 0 Å². The molecule has 15 heavy (non-hydrogen) atoms. The lowest BCUT2D eigenvalue weighted by Gasteiger charge is -2.41. The number of anilines is 2. The molecule has 0 aromatic heterocycles. The fourth-order valence-electron chi connectivity index (χ4n) is 1.15. The van der Waals surface area contributed by atoms with Crippen LogP contribution in [-0.2, 0) is 0 Å². The molecule has 1 aromatic rings. The van der Waals surface area contributed by atoms with Crippen LogP contribution in [0.4, 0.5) is 30.8 Å². The maximum atomic E-state index is 12.4. The second-order valence-corrected chi connectivity index (χ2v) is 5.54. The number of hydrogen-bond donors (Lipinski definition) is 2. The van der Waals surface area contributed by atoms with Crippen LogP contribution < -0.4 is 11.5 Å². The van der Waals surface area contributed by atoms with Crippen molar-refractivity contribution in [2.24, 2.45) is 0 Å². The first kappa shape index (κ1) is 11.9. The van der Waals surface area contributed by atoms with E-state index in [9.17, 15) is 19.4 Å². The van der Waals surface area contributed by atoms with Gasteiger partial charge in [-0.2, -0.15) is 0 Å². The Bertz CT molecular complexity index is 424. The van der Waals surface area contributed by atoms with E-state index in [1.165, 1.54) is 0 Å². The van der Waals surface area contributed by atoms with Crippen molar-refractivity contribution in [1.82, 2.24) is 0 Å². The van der Waals surface area contributed by atoms with Gasteiger partial charge in [0.25, 0.3) is 0 Å². The fraction of sp³-hybridized carbons (Fsp3) is 0.143. The minimum Gasteiger partial charge on any atom is -0.397 e. The van der Waals surface area contributed by atoms with Crippen LogP contribution in [0.25, 0.3) is 0 Å². The quantitative estimate of drug-likeness (QED) is 0.586. The van der Waals surface area contributed by atoms with E-state index in [1.54, 1.807) is 0 Å². The van der Waals surface area contributed by atoms with Crippen molar-refractivity contribution in [3.05, 3.63) is 17.7 Å². The molecular formula is C7H9F5N2S. The molecule has 8 heteroatoms. The molecule has 0 aliphatic heterocycles. The second kappa shape index (κ2) is 2.31. The summed E-state index contributed by atoms with van der Waals surface area (Å²) in [4.78, 5) is -1.98. The summed E-state index contributed by atoms with van der Waals surface area (Å²) in [5, 5.41) is 0. The standard InChI is InChI=1S/C7H9F5N2S/c1-4-6(15(8,9,10,11)12)3-2-5(13)7(4)14/h2-3H,13-14H2,1H3. The Morgan fingerprint density at radius 2 is 1.47 bits per heavy atom. The Labute approximate surface area is 82.8 Å². The minimum atomic E-state index is -9.67. The van der Waals surface area contributed by atoms with Crippen LogP contribution in [0, 0.1) is 6.92 Å². The zero-order valence-electron chi connectivity index (χ0n) is 7.61. The van der Waals surface area contributed by atoms with E-state index in [0.717, 1.165) is 13.0 Å². The Balaban J connectivity index is 3.64. The molecule has 4 N–H and O–H groups in total. The van der Waals surface area contributed by atoms with E-state index >= 15 is 0 Å². The molecule has 0 saturated carbocycles. The average Bonchev–Trinajstić information content (AvgIpc) is 1.94. The number of nitrogen functional groups attached to an aromatic ring is 2. The topological polar surface area (TPSA) is 52.0 Å². The Morgan fingerprint density at radius 3 is 1.87 bits per heavy atom. The van der Waals surface area contributed by atoms with E-state index in [2.05, 4.69) is 0 Å². The highest BCUT2D eigenvalue weighted by Crippen LogP contribution is 3.02. The third-order valence-electron chi connectivity index (χ3n) is 1.91. The van der Waals surface area contributed by atoms with E-state index in [1.807, 2.05) is 0 Å². The predicted octanol–water partition coefficient (Wildman–Crippen LogP) is 3.82. The molecule has 2 nitrogen and oxygen atoms in total. The van der Waals surface area contributed by atoms with Gasteiger partial charge in [-0.05, 0) is 24.6 Å². The van der Waals surface area contributed by atoms with Gasteiger partial charge in [0, 0.05) is 0 Å². The maximum Gasteiger partial charge on any atom is 0.310 e.